The Labute approximate surface area is 276 Å². The van der Waals surface area contributed by atoms with Gasteiger partial charge in [-0.25, -0.2) is 4.57 Å². The number of phosphoric ester groups is 1. The van der Waals surface area contributed by atoms with E-state index >= 15 is 0 Å². The highest BCUT2D eigenvalue weighted by molar-refractivity contribution is 7.47. The second-order valence-electron chi connectivity index (χ2n) is 11.7. The van der Waals surface area contributed by atoms with Crippen LogP contribution >= 0.6 is 7.82 Å². The zero-order chi connectivity index (χ0) is 33.1. The summed E-state index contributed by atoms with van der Waals surface area (Å²) in [5, 5.41) is 0. The van der Waals surface area contributed by atoms with E-state index in [4.69, 9.17) is 24.3 Å². The van der Waals surface area contributed by atoms with Gasteiger partial charge in [-0.15, -0.1) is 0 Å². The van der Waals surface area contributed by atoms with Crippen LogP contribution in [0.5, 0.6) is 0 Å². The van der Waals surface area contributed by atoms with Gasteiger partial charge in [0.2, 0.25) is 0 Å². The molecule has 8 nitrogen and oxygen atoms in total. The largest absolute Gasteiger partial charge is 0.472 e. The van der Waals surface area contributed by atoms with E-state index in [9.17, 15) is 14.3 Å². The van der Waals surface area contributed by atoms with E-state index < -0.39 is 13.9 Å². The number of rotatable bonds is 34. The van der Waals surface area contributed by atoms with Gasteiger partial charge in [0.25, 0.3) is 0 Å². The number of carbonyl (C=O) groups excluding carboxylic acids is 1. The summed E-state index contributed by atoms with van der Waals surface area (Å²) in [5.41, 5.74) is 5.34. The minimum atomic E-state index is -4.27. The third-order valence-electron chi connectivity index (χ3n) is 7.32. The minimum absolute atomic E-state index is 0.0980. The van der Waals surface area contributed by atoms with Crippen LogP contribution in [0.1, 0.15) is 149 Å². The molecule has 0 aromatic rings. The lowest BCUT2D eigenvalue weighted by Crippen LogP contribution is -2.28. The Balaban J connectivity index is 4.11. The first-order valence-corrected chi connectivity index (χ1v) is 19.5. The van der Waals surface area contributed by atoms with Crippen LogP contribution in [0.25, 0.3) is 0 Å². The molecule has 0 rings (SSSR count). The number of carbonyl (C=O) groups is 1. The number of hydrogen-bond acceptors (Lipinski definition) is 7. The van der Waals surface area contributed by atoms with E-state index in [0.29, 0.717) is 13.0 Å². The Morgan fingerprint density at radius 1 is 0.689 bits per heavy atom. The zero-order valence-electron chi connectivity index (χ0n) is 28.8. The summed E-state index contributed by atoms with van der Waals surface area (Å²) in [4.78, 5) is 22.3. The molecule has 0 aliphatic carbocycles. The Morgan fingerprint density at radius 3 is 1.87 bits per heavy atom. The van der Waals surface area contributed by atoms with Gasteiger partial charge in [-0.3, -0.25) is 13.8 Å². The third kappa shape index (κ3) is 33.9. The molecule has 3 N–H and O–H groups in total. The van der Waals surface area contributed by atoms with Crippen LogP contribution in [0.15, 0.2) is 36.5 Å². The SMILES string of the molecule is CC/C=C\C/C=C\C/C=C\CCCCCCCCOCC(COP(=O)(O)OCCN)OC(=O)CCCCCCCCCCCC. The highest BCUT2D eigenvalue weighted by Crippen LogP contribution is 2.43. The summed E-state index contributed by atoms with van der Waals surface area (Å²) in [5.74, 6) is -0.339. The second kappa shape index (κ2) is 34.1. The Bertz CT molecular complexity index is 787. The Morgan fingerprint density at radius 2 is 1.24 bits per heavy atom. The van der Waals surface area contributed by atoms with E-state index in [2.05, 4.69) is 50.3 Å². The van der Waals surface area contributed by atoms with Crippen molar-refractivity contribution in [2.45, 2.75) is 155 Å². The number of ether oxygens (including phenoxy) is 2. The quantitative estimate of drug-likeness (QED) is 0.0304. The lowest BCUT2D eigenvalue weighted by atomic mass is 10.1. The van der Waals surface area contributed by atoms with Gasteiger partial charge in [0.15, 0.2) is 0 Å². The van der Waals surface area contributed by atoms with Crippen LogP contribution in [0.4, 0.5) is 0 Å². The molecular weight excluding hydrogens is 589 g/mol. The van der Waals surface area contributed by atoms with Gasteiger partial charge in [0.1, 0.15) is 6.10 Å². The highest BCUT2D eigenvalue weighted by atomic mass is 31.2. The summed E-state index contributed by atoms with van der Waals surface area (Å²) < 4.78 is 33.2. The summed E-state index contributed by atoms with van der Waals surface area (Å²) in [6.45, 7) is 4.75. The number of allylic oxidation sites excluding steroid dienone is 6. The topological polar surface area (TPSA) is 117 Å². The maximum absolute atomic E-state index is 12.5. The van der Waals surface area contributed by atoms with Crippen molar-refractivity contribution in [3.8, 4) is 0 Å². The number of esters is 1. The molecule has 0 aliphatic heterocycles. The second-order valence-corrected chi connectivity index (χ2v) is 13.2. The van der Waals surface area contributed by atoms with Crippen LogP contribution in [0.2, 0.25) is 0 Å². The van der Waals surface area contributed by atoms with Gasteiger partial charge in [0.05, 0.1) is 19.8 Å². The number of phosphoric acid groups is 1. The van der Waals surface area contributed by atoms with Gasteiger partial charge < -0.3 is 20.1 Å². The normalized spacial score (nSPS) is 14.1. The molecular formula is C36H68NO7P. The monoisotopic (exact) mass is 657 g/mol. The van der Waals surface area contributed by atoms with Crippen molar-refractivity contribution in [1.29, 1.82) is 0 Å². The molecule has 0 aliphatic rings. The molecule has 0 amide bonds. The third-order valence-corrected chi connectivity index (χ3v) is 8.31. The zero-order valence-corrected chi connectivity index (χ0v) is 29.7. The Hall–Kier alpha value is -1.28. The number of nitrogens with two attached hydrogens (primary N) is 1. The van der Waals surface area contributed by atoms with Gasteiger partial charge in [-0.05, 0) is 44.9 Å². The molecule has 0 heterocycles. The van der Waals surface area contributed by atoms with Crippen molar-refractivity contribution >= 4 is 13.8 Å². The summed E-state index contributed by atoms with van der Waals surface area (Å²) >= 11 is 0. The first kappa shape index (κ1) is 43.7. The van der Waals surface area contributed by atoms with Crippen molar-refractivity contribution in [2.24, 2.45) is 5.73 Å². The molecule has 0 spiro atoms. The van der Waals surface area contributed by atoms with E-state index in [1.54, 1.807) is 0 Å². The van der Waals surface area contributed by atoms with Gasteiger partial charge in [-0.1, -0.05) is 134 Å². The number of unbranched alkanes of at least 4 members (excludes halogenated alkanes) is 15. The average Bonchev–Trinajstić information content (AvgIpc) is 3.02. The van der Waals surface area contributed by atoms with Crippen molar-refractivity contribution in [3.63, 3.8) is 0 Å². The fourth-order valence-corrected chi connectivity index (χ4v) is 5.48. The molecule has 0 bridgehead atoms. The summed E-state index contributed by atoms with van der Waals surface area (Å²) in [6, 6.07) is 0. The van der Waals surface area contributed by atoms with Crippen molar-refractivity contribution < 1.29 is 32.8 Å². The first-order valence-electron chi connectivity index (χ1n) is 18.0. The lowest BCUT2D eigenvalue weighted by Gasteiger charge is -2.20. The fourth-order valence-electron chi connectivity index (χ4n) is 4.72. The van der Waals surface area contributed by atoms with E-state index in [0.717, 1.165) is 64.2 Å². The van der Waals surface area contributed by atoms with Crippen LogP contribution in [-0.2, 0) is 27.9 Å². The summed E-state index contributed by atoms with van der Waals surface area (Å²) in [7, 11) is -4.27. The van der Waals surface area contributed by atoms with Crippen molar-refractivity contribution in [2.75, 3.05) is 33.0 Å². The molecule has 0 aromatic heterocycles. The molecule has 2 unspecified atom stereocenters. The molecule has 9 heteroatoms. The molecule has 0 aromatic carbocycles. The smallest absolute Gasteiger partial charge is 0.457 e. The van der Waals surface area contributed by atoms with Crippen LogP contribution in [-0.4, -0.2) is 49.9 Å². The minimum Gasteiger partial charge on any atom is -0.457 e. The van der Waals surface area contributed by atoms with E-state index in [1.807, 2.05) is 0 Å². The van der Waals surface area contributed by atoms with Crippen LogP contribution in [0.3, 0.4) is 0 Å². The predicted molar refractivity (Wildman–Crippen MR) is 187 cm³/mol. The molecule has 0 saturated heterocycles. The van der Waals surface area contributed by atoms with E-state index in [-0.39, 0.29) is 32.3 Å². The summed E-state index contributed by atoms with van der Waals surface area (Å²) in [6.07, 6.45) is 35.8. The lowest BCUT2D eigenvalue weighted by molar-refractivity contribution is -0.154. The molecule has 0 saturated carbocycles. The standard InChI is InChI=1S/C36H68NO7P/c1-3-5-7-9-11-13-15-16-17-18-19-20-22-24-26-28-31-41-33-35(34-43-45(39,40)42-32-30-37)44-36(38)29-27-25-23-21-14-12-10-8-6-4-2/h5,7,11,13,16-17,35H,3-4,6,8-10,12,14-15,18-34,37H2,1-2H3,(H,39,40)/b7-5-,13-11-,17-16-. The predicted octanol–water partition coefficient (Wildman–Crippen LogP) is 9.91. The van der Waals surface area contributed by atoms with Gasteiger partial charge in [-0.2, -0.15) is 0 Å². The number of hydrogen-bond donors (Lipinski definition) is 2. The molecule has 2 atom stereocenters. The van der Waals surface area contributed by atoms with Crippen molar-refractivity contribution in [3.05, 3.63) is 36.5 Å². The molecule has 0 fully saturated rings. The highest BCUT2D eigenvalue weighted by Gasteiger charge is 2.25. The molecule has 45 heavy (non-hydrogen) atoms. The first-order chi connectivity index (χ1) is 21.9. The maximum Gasteiger partial charge on any atom is 0.472 e. The van der Waals surface area contributed by atoms with Crippen LogP contribution < -0.4 is 5.73 Å². The van der Waals surface area contributed by atoms with Gasteiger partial charge >= 0.3 is 13.8 Å². The van der Waals surface area contributed by atoms with Gasteiger partial charge in [0, 0.05) is 19.6 Å². The Kier molecular flexibility index (Phi) is 33.1. The average molecular weight is 658 g/mol. The molecule has 264 valence electrons. The molecule has 0 radical (unpaired) electrons. The van der Waals surface area contributed by atoms with Crippen LogP contribution in [0, 0.1) is 0 Å². The maximum atomic E-state index is 12.5. The van der Waals surface area contributed by atoms with E-state index in [1.165, 1.54) is 64.2 Å². The van der Waals surface area contributed by atoms with Crippen molar-refractivity contribution in [1.82, 2.24) is 0 Å². The fraction of sp³-hybridized carbons (Fsp3) is 0.806.